The predicted octanol–water partition coefficient (Wildman–Crippen LogP) is 3.68. The largest absolute Gasteiger partial charge is 0.356 e. The van der Waals surface area contributed by atoms with Crippen molar-refractivity contribution in [2.75, 3.05) is 5.32 Å². The molecule has 1 unspecified atom stereocenters. The number of nitrogens with one attached hydrogen (secondary N) is 1. The van der Waals surface area contributed by atoms with E-state index in [0.717, 1.165) is 5.56 Å². The molecule has 1 atom stereocenters. The molecule has 1 N–H and O–H groups in total. The van der Waals surface area contributed by atoms with Crippen LogP contribution in [0.2, 0.25) is 0 Å². The number of benzene rings is 1. The maximum atomic E-state index is 11.3. The van der Waals surface area contributed by atoms with Gasteiger partial charge in [-0.05, 0) is 0 Å². The fraction of sp³-hybridized carbons (Fsp3) is 0.125. The number of thiazole rings is 1. The lowest BCUT2D eigenvalue weighted by Crippen LogP contribution is -2.08. The zero-order valence-corrected chi connectivity index (χ0v) is 13.0. The van der Waals surface area contributed by atoms with E-state index in [-0.39, 0.29) is 5.78 Å². The number of ketones is 1. The van der Waals surface area contributed by atoms with E-state index in [0.29, 0.717) is 21.5 Å². The summed E-state index contributed by atoms with van der Waals surface area (Å²) in [6, 6.07) is 12.6. The summed E-state index contributed by atoms with van der Waals surface area (Å²) in [5.41, 5.74) is 1.35. The van der Waals surface area contributed by atoms with E-state index in [1.54, 1.807) is 6.07 Å². The van der Waals surface area contributed by atoms with Crippen molar-refractivity contribution in [2.45, 2.75) is 13.0 Å². The van der Waals surface area contributed by atoms with E-state index in [2.05, 4.69) is 21.5 Å². The Morgan fingerprint density at radius 2 is 2.17 bits per heavy atom. The minimum atomic E-state index is -0.706. The second-order valence-electron chi connectivity index (χ2n) is 4.77. The fourth-order valence-corrected chi connectivity index (χ4v) is 2.70. The number of Topliss-reactive ketones (excluding diaryl/α,β-unsaturated/α-hetero) is 1. The first kappa shape index (κ1) is 14.9. The van der Waals surface area contributed by atoms with E-state index in [4.69, 9.17) is 4.52 Å². The maximum Gasteiger partial charge on any atom is 0.184 e. The van der Waals surface area contributed by atoms with Gasteiger partial charge in [-0.15, -0.1) is 0 Å². The normalized spacial score (nSPS) is 11.7. The number of aromatic nitrogens is 2. The zero-order valence-electron chi connectivity index (χ0n) is 12.2. The van der Waals surface area contributed by atoms with Crippen LogP contribution in [-0.2, 0) is 0 Å². The molecule has 0 radical (unpaired) electrons. The SMILES string of the molecule is CC(=O)c1cnc(NC(C#N)c2cc(-c3ccccc3)on2)s1. The third kappa shape index (κ3) is 3.27. The van der Waals surface area contributed by atoms with Crippen molar-refractivity contribution in [1.29, 1.82) is 5.26 Å². The molecule has 0 aliphatic rings. The van der Waals surface area contributed by atoms with E-state index >= 15 is 0 Å². The standard InChI is InChI=1S/C16H12N4O2S/c1-10(21)15-9-18-16(23-15)19-13(8-17)12-7-14(22-20-12)11-5-3-2-4-6-11/h2-7,9,13H,1H3,(H,18,19). The van der Waals surface area contributed by atoms with Crippen LogP contribution in [0, 0.1) is 11.3 Å². The van der Waals surface area contributed by atoms with Crippen LogP contribution in [0.4, 0.5) is 5.13 Å². The summed E-state index contributed by atoms with van der Waals surface area (Å²) in [6.45, 7) is 1.48. The summed E-state index contributed by atoms with van der Waals surface area (Å²) in [5, 5.41) is 16.8. The van der Waals surface area contributed by atoms with Crippen molar-refractivity contribution in [2.24, 2.45) is 0 Å². The van der Waals surface area contributed by atoms with Gasteiger partial charge in [-0.1, -0.05) is 46.8 Å². The monoisotopic (exact) mass is 324 g/mol. The quantitative estimate of drug-likeness (QED) is 0.720. The number of nitriles is 1. The first-order valence-electron chi connectivity index (χ1n) is 6.82. The van der Waals surface area contributed by atoms with Crippen LogP contribution < -0.4 is 5.32 Å². The highest BCUT2D eigenvalue weighted by molar-refractivity contribution is 7.17. The number of carbonyl (C=O) groups excluding carboxylic acids is 1. The van der Waals surface area contributed by atoms with Gasteiger partial charge in [0.15, 0.2) is 22.7 Å². The maximum absolute atomic E-state index is 11.3. The molecule has 0 amide bonds. The van der Waals surface area contributed by atoms with Gasteiger partial charge in [0, 0.05) is 18.6 Å². The molecule has 0 spiro atoms. The van der Waals surface area contributed by atoms with E-state index in [9.17, 15) is 10.1 Å². The minimum absolute atomic E-state index is 0.0585. The number of anilines is 1. The van der Waals surface area contributed by atoms with Gasteiger partial charge in [0.2, 0.25) is 0 Å². The van der Waals surface area contributed by atoms with Crippen LogP contribution >= 0.6 is 11.3 Å². The highest BCUT2D eigenvalue weighted by Crippen LogP contribution is 2.26. The summed E-state index contributed by atoms with van der Waals surface area (Å²) < 4.78 is 5.30. The van der Waals surface area contributed by atoms with E-state index < -0.39 is 6.04 Å². The van der Waals surface area contributed by atoms with E-state index in [1.165, 1.54) is 24.5 Å². The Bertz CT molecular complexity index is 864. The lowest BCUT2D eigenvalue weighted by Gasteiger charge is -2.05. The molecule has 2 heterocycles. The first-order valence-corrected chi connectivity index (χ1v) is 7.64. The molecule has 0 bridgehead atoms. The Morgan fingerprint density at radius 3 is 2.83 bits per heavy atom. The van der Waals surface area contributed by atoms with Gasteiger partial charge in [0.25, 0.3) is 0 Å². The molecule has 6 nitrogen and oxygen atoms in total. The molecular formula is C16H12N4O2S. The number of hydrogen-bond donors (Lipinski definition) is 1. The van der Waals surface area contributed by atoms with Gasteiger partial charge in [-0.3, -0.25) is 4.79 Å². The zero-order chi connectivity index (χ0) is 16.2. The van der Waals surface area contributed by atoms with Gasteiger partial charge in [0.1, 0.15) is 5.69 Å². The molecule has 7 heteroatoms. The van der Waals surface area contributed by atoms with Crippen LogP contribution in [0.25, 0.3) is 11.3 Å². The lowest BCUT2D eigenvalue weighted by molar-refractivity contribution is 0.102. The Kier molecular flexibility index (Phi) is 4.17. The summed E-state index contributed by atoms with van der Waals surface area (Å²) in [7, 11) is 0. The topological polar surface area (TPSA) is 91.8 Å². The molecule has 0 saturated heterocycles. The van der Waals surface area contributed by atoms with Crippen LogP contribution in [0.5, 0.6) is 0 Å². The predicted molar refractivity (Wildman–Crippen MR) is 86.0 cm³/mol. The van der Waals surface area contributed by atoms with Crippen molar-refractivity contribution in [3.8, 4) is 17.4 Å². The smallest absolute Gasteiger partial charge is 0.184 e. The Morgan fingerprint density at radius 1 is 1.39 bits per heavy atom. The third-order valence-electron chi connectivity index (χ3n) is 3.13. The molecule has 0 aliphatic carbocycles. The average molecular weight is 324 g/mol. The number of nitrogens with zero attached hydrogens (tertiary/aromatic N) is 3. The van der Waals surface area contributed by atoms with Gasteiger partial charge in [0.05, 0.1) is 17.1 Å². The fourth-order valence-electron chi connectivity index (χ4n) is 1.96. The van der Waals surface area contributed by atoms with Gasteiger partial charge < -0.3 is 9.84 Å². The van der Waals surface area contributed by atoms with Crippen LogP contribution in [0.1, 0.15) is 28.3 Å². The van der Waals surface area contributed by atoms with Crippen molar-refractivity contribution >= 4 is 22.3 Å². The summed E-state index contributed by atoms with van der Waals surface area (Å²) in [5.74, 6) is 0.531. The Hall–Kier alpha value is -2.98. The molecule has 0 fully saturated rings. The highest BCUT2D eigenvalue weighted by Gasteiger charge is 2.18. The number of hydrogen-bond acceptors (Lipinski definition) is 7. The van der Waals surface area contributed by atoms with Gasteiger partial charge in [-0.2, -0.15) is 5.26 Å². The number of rotatable bonds is 5. The second kappa shape index (κ2) is 6.42. The van der Waals surface area contributed by atoms with Crippen molar-refractivity contribution in [3.05, 3.63) is 53.2 Å². The molecule has 1 aromatic carbocycles. The molecular weight excluding hydrogens is 312 g/mol. The highest BCUT2D eigenvalue weighted by atomic mass is 32.1. The molecule has 114 valence electrons. The molecule has 0 aliphatic heterocycles. The van der Waals surface area contributed by atoms with Crippen molar-refractivity contribution in [3.63, 3.8) is 0 Å². The summed E-state index contributed by atoms with van der Waals surface area (Å²) in [4.78, 5) is 15.9. The van der Waals surface area contributed by atoms with Gasteiger partial charge >= 0.3 is 0 Å². The van der Waals surface area contributed by atoms with Crippen molar-refractivity contribution in [1.82, 2.24) is 10.1 Å². The van der Waals surface area contributed by atoms with Crippen LogP contribution in [0.3, 0.4) is 0 Å². The number of carbonyl (C=O) groups is 1. The summed E-state index contributed by atoms with van der Waals surface area (Å²) >= 11 is 1.20. The van der Waals surface area contributed by atoms with E-state index in [1.807, 2.05) is 30.3 Å². The average Bonchev–Trinajstić information content (AvgIpc) is 3.23. The minimum Gasteiger partial charge on any atom is -0.356 e. The molecule has 0 saturated carbocycles. The molecule has 3 aromatic rings. The summed E-state index contributed by atoms with van der Waals surface area (Å²) in [6.07, 6.45) is 1.49. The third-order valence-corrected chi connectivity index (χ3v) is 4.16. The Labute approximate surface area is 136 Å². The lowest BCUT2D eigenvalue weighted by atomic mass is 10.1. The van der Waals surface area contributed by atoms with Crippen molar-refractivity contribution < 1.29 is 9.32 Å². The van der Waals surface area contributed by atoms with Gasteiger partial charge in [-0.25, -0.2) is 4.98 Å². The molecule has 3 rings (SSSR count). The van der Waals surface area contributed by atoms with Crippen LogP contribution in [0.15, 0.2) is 47.1 Å². The molecule has 23 heavy (non-hydrogen) atoms. The molecule has 2 aromatic heterocycles. The van der Waals surface area contributed by atoms with Crippen LogP contribution in [-0.4, -0.2) is 15.9 Å². The Balaban J connectivity index is 1.80. The second-order valence-corrected chi connectivity index (χ2v) is 5.81. The first-order chi connectivity index (χ1) is 11.2.